The molecular formula is C13H14BrN. The monoisotopic (exact) mass is 263 g/mol. The van der Waals surface area contributed by atoms with E-state index in [9.17, 15) is 0 Å². The number of hydrogen-bond donors (Lipinski definition) is 0. The van der Waals surface area contributed by atoms with Gasteiger partial charge in [0.25, 0.3) is 0 Å². The Kier molecular flexibility index (Phi) is 3.69. The van der Waals surface area contributed by atoms with E-state index in [4.69, 9.17) is 0 Å². The molecular weight excluding hydrogens is 250 g/mol. The molecule has 1 aromatic rings. The van der Waals surface area contributed by atoms with Crippen molar-refractivity contribution in [2.24, 2.45) is 0 Å². The van der Waals surface area contributed by atoms with Gasteiger partial charge in [-0.15, -0.1) is 0 Å². The molecule has 0 unspecified atom stereocenters. The van der Waals surface area contributed by atoms with Gasteiger partial charge in [-0.2, -0.15) is 0 Å². The molecule has 1 aromatic carbocycles. The standard InChI is InChI=1S/C13H14BrN/c14-13-7-5-12(6-8-13)4-3-11-15-9-1-2-10-15/h5-8H,1-2,4,9-10H2. The van der Waals surface area contributed by atoms with Crippen LogP contribution in [0.15, 0.2) is 28.7 Å². The zero-order valence-electron chi connectivity index (χ0n) is 8.67. The summed E-state index contributed by atoms with van der Waals surface area (Å²) in [5.41, 5.74) is 1.28. The lowest BCUT2D eigenvalue weighted by molar-refractivity contribution is 0.496. The van der Waals surface area contributed by atoms with Gasteiger partial charge in [-0.25, -0.2) is 0 Å². The Labute approximate surface area is 99.6 Å². The molecule has 1 aliphatic heterocycles. The van der Waals surface area contributed by atoms with Crippen molar-refractivity contribution in [3.63, 3.8) is 0 Å². The minimum absolute atomic E-state index is 0.851. The van der Waals surface area contributed by atoms with Gasteiger partial charge in [0.1, 0.15) is 0 Å². The average Bonchev–Trinajstić information content (AvgIpc) is 2.74. The molecule has 0 aliphatic carbocycles. The van der Waals surface area contributed by atoms with Crippen LogP contribution in [0, 0.1) is 12.0 Å². The molecule has 2 heteroatoms. The van der Waals surface area contributed by atoms with E-state index in [2.05, 4.69) is 57.1 Å². The number of nitrogens with zero attached hydrogens (tertiary/aromatic N) is 1. The fourth-order valence-corrected chi connectivity index (χ4v) is 1.95. The number of halogens is 1. The van der Waals surface area contributed by atoms with Gasteiger partial charge in [-0.05, 0) is 30.5 Å². The van der Waals surface area contributed by atoms with Crippen molar-refractivity contribution in [2.45, 2.75) is 19.3 Å². The SMILES string of the molecule is Brc1ccc(CC#CN2CCCC2)cc1. The van der Waals surface area contributed by atoms with Gasteiger partial charge >= 0.3 is 0 Å². The van der Waals surface area contributed by atoms with Gasteiger partial charge in [0.05, 0.1) is 0 Å². The molecule has 15 heavy (non-hydrogen) atoms. The largest absolute Gasteiger partial charge is 0.333 e. The van der Waals surface area contributed by atoms with Crippen LogP contribution in [-0.4, -0.2) is 18.0 Å². The highest BCUT2D eigenvalue weighted by atomic mass is 79.9. The Hall–Kier alpha value is -0.940. The maximum absolute atomic E-state index is 3.42. The molecule has 1 saturated heterocycles. The predicted molar refractivity (Wildman–Crippen MR) is 66.4 cm³/mol. The van der Waals surface area contributed by atoms with E-state index < -0.39 is 0 Å². The number of likely N-dealkylation sites (tertiary alicyclic amines) is 1. The number of hydrogen-bond acceptors (Lipinski definition) is 1. The van der Waals surface area contributed by atoms with Crippen LogP contribution in [0.4, 0.5) is 0 Å². The van der Waals surface area contributed by atoms with Crippen LogP contribution in [0.5, 0.6) is 0 Å². The van der Waals surface area contributed by atoms with Crippen LogP contribution in [-0.2, 0) is 6.42 Å². The lowest BCUT2D eigenvalue weighted by Gasteiger charge is -2.05. The van der Waals surface area contributed by atoms with Crippen LogP contribution < -0.4 is 0 Å². The molecule has 0 atom stereocenters. The topological polar surface area (TPSA) is 3.24 Å². The molecule has 1 fully saturated rings. The van der Waals surface area contributed by atoms with Crippen molar-refractivity contribution in [3.8, 4) is 12.0 Å². The maximum Gasteiger partial charge on any atom is 0.0358 e. The Balaban J connectivity index is 1.89. The highest BCUT2D eigenvalue weighted by Crippen LogP contribution is 2.10. The van der Waals surface area contributed by atoms with Crippen molar-refractivity contribution >= 4 is 15.9 Å². The van der Waals surface area contributed by atoms with Crippen molar-refractivity contribution < 1.29 is 0 Å². The summed E-state index contributed by atoms with van der Waals surface area (Å²) in [6.07, 6.45) is 3.45. The van der Waals surface area contributed by atoms with Crippen LogP contribution in [0.1, 0.15) is 18.4 Å². The smallest absolute Gasteiger partial charge is 0.0358 e. The third-order valence-corrected chi connectivity index (χ3v) is 3.08. The van der Waals surface area contributed by atoms with Gasteiger partial charge in [0, 0.05) is 30.0 Å². The first-order chi connectivity index (χ1) is 7.34. The number of benzene rings is 1. The van der Waals surface area contributed by atoms with Crippen LogP contribution >= 0.6 is 15.9 Å². The average molecular weight is 264 g/mol. The van der Waals surface area contributed by atoms with E-state index in [1.54, 1.807) is 0 Å². The molecule has 2 rings (SSSR count). The van der Waals surface area contributed by atoms with E-state index in [0.717, 1.165) is 24.0 Å². The van der Waals surface area contributed by atoms with E-state index in [-0.39, 0.29) is 0 Å². The molecule has 1 nitrogen and oxygen atoms in total. The summed E-state index contributed by atoms with van der Waals surface area (Å²) < 4.78 is 1.12. The Morgan fingerprint density at radius 1 is 1.13 bits per heavy atom. The second-order valence-corrected chi connectivity index (χ2v) is 4.70. The highest BCUT2D eigenvalue weighted by Gasteiger charge is 2.05. The van der Waals surface area contributed by atoms with Crippen LogP contribution in [0.2, 0.25) is 0 Å². The third kappa shape index (κ3) is 3.28. The van der Waals surface area contributed by atoms with E-state index in [1.807, 2.05) is 0 Å². The molecule has 0 amide bonds. The first kappa shape index (κ1) is 10.6. The summed E-state index contributed by atoms with van der Waals surface area (Å²) in [5.74, 6) is 3.22. The maximum atomic E-state index is 3.42. The normalized spacial score (nSPS) is 14.9. The molecule has 0 N–H and O–H groups in total. The summed E-state index contributed by atoms with van der Waals surface area (Å²) in [6, 6.07) is 11.6. The summed E-state index contributed by atoms with van der Waals surface area (Å²) in [5, 5.41) is 0. The molecule has 1 aliphatic rings. The Bertz CT molecular complexity index is 366. The lowest BCUT2D eigenvalue weighted by Crippen LogP contribution is -2.11. The minimum atomic E-state index is 0.851. The van der Waals surface area contributed by atoms with E-state index >= 15 is 0 Å². The fourth-order valence-electron chi connectivity index (χ4n) is 1.68. The molecule has 0 radical (unpaired) electrons. The van der Waals surface area contributed by atoms with Gasteiger partial charge in [0.2, 0.25) is 0 Å². The molecule has 0 saturated carbocycles. The second kappa shape index (κ2) is 5.23. The summed E-state index contributed by atoms with van der Waals surface area (Å²) in [7, 11) is 0. The number of rotatable bonds is 1. The molecule has 78 valence electrons. The van der Waals surface area contributed by atoms with Crippen molar-refractivity contribution in [3.05, 3.63) is 34.3 Å². The van der Waals surface area contributed by atoms with Crippen molar-refractivity contribution in [1.82, 2.24) is 4.90 Å². The molecule has 0 aromatic heterocycles. The minimum Gasteiger partial charge on any atom is -0.333 e. The zero-order valence-corrected chi connectivity index (χ0v) is 10.3. The lowest BCUT2D eigenvalue weighted by atomic mass is 10.2. The first-order valence-corrected chi connectivity index (χ1v) is 6.12. The van der Waals surface area contributed by atoms with Crippen LogP contribution in [0.25, 0.3) is 0 Å². The van der Waals surface area contributed by atoms with Gasteiger partial charge in [0.15, 0.2) is 0 Å². The van der Waals surface area contributed by atoms with Crippen molar-refractivity contribution in [2.75, 3.05) is 13.1 Å². The van der Waals surface area contributed by atoms with Crippen molar-refractivity contribution in [1.29, 1.82) is 0 Å². The molecule has 0 bridgehead atoms. The highest BCUT2D eigenvalue weighted by molar-refractivity contribution is 9.10. The van der Waals surface area contributed by atoms with Crippen LogP contribution in [0.3, 0.4) is 0 Å². The predicted octanol–water partition coefficient (Wildman–Crippen LogP) is 3.05. The second-order valence-electron chi connectivity index (χ2n) is 3.79. The third-order valence-electron chi connectivity index (χ3n) is 2.55. The van der Waals surface area contributed by atoms with Gasteiger partial charge in [-0.1, -0.05) is 34.0 Å². The van der Waals surface area contributed by atoms with Gasteiger partial charge in [-0.3, -0.25) is 0 Å². The zero-order chi connectivity index (χ0) is 10.5. The first-order valence-electron chi connectivity index (χ1n) is 5.32. The van der Waals surface area contributed by atoms with E-state index in [0.29, 0.717) is 0 Å². The summed E-state index contributed by atoms with van der Waals surface area (Å²) >= 11 is 3.42. The summed E-state index contributed by atoms with van der Waals surface area (Å²) in [6.45, 7) is 2.29. The summed E-state index contributed by atoms with van der Waals surface area (Å²) in [4.78, 5) is 2.22. The fraction of sp³-hybridized carbons (Fsp3) is 0.385. The van der Waals surface area contributed by atoms with E-state index in [1.165, 1.54) is 18.4 Å². The molecule has 0 spiro atoms. The quantitative estimate of drug-likeness (QED) is 0.705. The van der Waals surface area contributed by atoms with Gasteiger partial charge < -0.3 is 4.90 Å². The Morgan fingerprint density at radius 2 is 1.80 bits per heavy atom. The Morgan fingerprint density at radius 3 is 2.47 bits per heavy atom. The molecule has 1 heterocycles.